The van der Waals surface area contributed by atoms with Gasteiger partial charge in [-0.25, -0.2) is 19.9 Å². The van der Waals surface area contributed by atoms with Crippen LogP contribution in [0.5, 0.6) is 0 Å². The van der Waals surface area contributed by atoms with Crippen molar-refractivity contribution < 1.29 is 8.83 Å². The summed E-state index contributed by atoms with van der Waals surface area (Å²) in [6, 6.07) is 151. The van der Waals surface area contributed by atoms with E-state index in [1.165, 1.54) is 103 Å². The third kappa shape index (κ3) is 12.5. The van der Waals surface area contributed by atoms with E-state index in [1.54, 1.807) is 11.3 Å². The normalized spacial score (nSPS) is 12.6. The first kappa shape index (κ1) is 75.4. The lowest BCUT2D eigenvalue weighted by atomic mass is 9.75. The molecule has 17 aromatic carbocycles. The van der Waals surface area contributed by atoms with Crippen molar-refractivity contribution in [2.24, 2.45) is 0 Å². The van der Waals surface area contributed by atoms with Gasteiger partial charge in [0, 0.05) is 103 Å². The van der Waals surface area contributed by atoms with Crippen LogP contribution in [0.3, 0.4) is 0 Å². The number of para-hydroxylation sites is 6. The predicted octanol–water partition coefficient (Wildman–Crippen LogP) is 33.1. The zero-order valence-corrected chi connectivity index (χ0v) is 71.9. The summed E-state index contributed by atoms with van der Waals surface area (Å²) < 4.78 is 16.8. The Morgan fingerprint density at radius 1 is 0.271 bits per heavy atom. The van der Waals surface area contributed by atoms with Gasteiger partial charge < -0.3 is 13.4 Å². The zero-order chi connectivity index (χ0) is 85.4. The molecule has 0 atom stereocenters. The van der Waals surface area contributed by atoms with Crippen LogP contribution in [0.25, 0.3) is 216 Å². The molecule has 3 aliphatic rings. The van der Waals surface area contributed by atoms with Crippen molar-refractivity contribution in [3.63, 3.8) is 0 Å². The van der Waals surface area contributed by atoms with Gasteiger partial charge in [0.2, 0.25) is 0 Å². The summed E-state index contributed by atoms with van der Waals surface area (Å²) in [7, 11) is 0. The van der Waals surface area contributed by atoms with Crippen LogP contribution in [0.15, 0.2) is 443 Å². The molecule has 7 aromatic heterocycles. The third-order valence-electron chi connectivity index (χ3n) is 26.0. The van der Waals surface area contributed by atoms with Gasteiger partial charge >= 0.3 is 0 Å². The maximum Gasteiger partial charge on any atom is 0.195 e. The average molecular weight is 1690 g/mol. The Hall–Kier alpha value is -16.1. The molecule has 606 valence electrons. The predicted molar refractivity (Wildman–Crippen MR) is 537 cm³/mol. The van der Waals surface area contributed by atoms with Gasteiger partial charge in [-0.15, -0.1) is 0 Å². The van der Waals surface area contributed by atoms with Crippen molar-refractivity contribution in [2.45, 2.75) is 29.1 Å². The molecule has 0 fully saturated rings. The van der Waals surface area contributed by atoms with Crippen molar-refractivity contribution in [1.82, 2.24) is 24.5 Å². The quantitative estimate of drug-likeness (QED) is 0.156. The number of thiazole rings is 1. The lowest BCUT2D eigenvalue weighted by molar-refractivity contribution is 0.646. The molecule has 0 amide bonds. The van der Waals surface area contributed by atoms with E-state index in [4.69, 9.17) is 28.8 Å². The average Bonchev–Trinajstić information content (AvgIpc) is 1.56. The Labute approximate surface area is 752 Å². The molecule has 0 spiro atoms. The van der Waals surface area contributed by atoms with Crippen molar-refractivity contribution >= 4 is 127 Å². The Balaban J connectivity index is 0.000000106. The number of fused-ring (bicyclic) bond motifs is 29. The van der Waals surface area contributed by atoms with Crippen LogP contribution in [0.2, 0.25) is 0 Å². The highest BCUT2D eigenvalue weighted by atomic mass is 32.2. The Kier molecular flexibility index (Phi) is 17.9. The van der Waals surface area contributed by atoms with Crippen LogP contribution in [0, 0.1) is 0 Å². The molecule has 0 bridgehead atoms. The SMILES string of the molecule is CC1(C)c2ccccc2-c2cc(-c3cc(-c4ccccc4)cc(-c4ccccc4)n3)c3oc4ccccc4c3c2-c2ccccc21.c1ccc(-c2ccc3c(-n4c5ccccc5c5c6c(ccc54)-c4ccccc4Sc4ccccc4-6)cc(-c4ccccc4)nc3n2)cc1.c1ccc2c(c1)-c1ccc3oc4ccccc4c3c1-c1ccccc1N2c1nc2ccccc2s1. The van der Waals surface area contributed by atoms with Gasteiger partial charge in [0.1, 0.15) is 22.3 Å². The van der Waals surface area contributed by atoms with Gasteiger partial charge in [-0.3, -0.25) is 4.90 Å². The van der Waals surface area contributed by atoms with Crippen LogP contribution in [-0.2, 0) is 5.41 Å². The second-order valence-electron chi connectivity index (χ2n) is 33.7. The molecule has 10 heteroatoms. The lowest BCUT2D eigenvalue weighted by Crippen LogP contribution is -2.19. The summed E-state index contributed by atoms with van der Waals surface area (Å²) in [4.78, 5) is 25.6. The van der Waals surface area contributed by atoms with Crippen molar-refractivity contribution in [3.05, 3.63) is 436 Å². The molecule has 8 nitrogen and oxygen atoms in total. The zero-order valence-electron chi connectivity index (χ0n) is 70.2. The minimum Gasteiger partial charge on any atom is -0.456 e. The van der Waals surface area contributed by atoms with E-state index >= 15 is 0 Å². The van der Waals surface area contributed by atoms with Crippen LogP contribution in [0.4, 0.5) is 16.5 Å². The first-order valence-electron chi connectivity index (χ1n) is 43.7. The van der Waals surface area contributed by atoms with Crippen molar-refractivity contribution in [3.8, 4) is 129 Å². The summed E-state index contributed by atoms with van der Waals surface area (Å²) in [6.45, 7) is 4.69. The number of benzene rings is 17. The first-order valence-corrected chi connectivity index (χ1v) is 45.4. The molecular formula is C119H76N6O2S2. The molecular weight excluding hydrogens is 1610 g/mol. The lowest BCUT2D eigenvalue weighted by Gasteiger charge is -2.28. The smallest absolute Gasteiger partial charge is 0.195 e. The number of aromatic nitrogens is 5. The number of hydrogen-bond donors (Lipinski definition) is 0. The van der Waals surface area contributed by atoms with Gasteiger partial charge in [-0.1, -0.05) is 352 Å². The Morgan fingerprint density at radius 3 is 1.50 bits per heavy atom. The highest BCUT2D eigenvalue weighted by Gasteiger charge is 2.37. The molecule has 1 aliphatic carbocycles. The van der Waals surface area contributed by atoms with E-state index in [1.807, 2.05) is 48.2 Å². The van der Waals surface area contributed by atoms with Gasteiger partial charge in [0.15, 0.2) is 10.8 Å². The standard InChI is InChI=1S/C44H27N3S.C44H31NO.C31H18N2OS/c1-3-13-28(14-4-1)35-25-23-33-39(27-36(46-44(33)45-35)29-15-5-2-6-16-29)47-37-20-10-7-18-32(37)43-38(47)26-24-31-30-17-8-11-21-40(30)48-41-22-12-9-19-34(41)42(31)43;1-44(2)36-22-12-9-19-31(36)34-27-35(39-26-30(28-15-5-3-6-16-28)25-38(45-39)29-17-7-4-8-18-29)43-42(33-21-11-14-24-40(33)46-43)41(34)32-20-10-13-23-37(32)44;1-5-13-24-19(9-1)20-17-18-27-30(22-11-3-7-15-26(22)34-27)29(20)21-10-2-6-14-25(21)33(24)31-32-23-12-4-8-16-28(23)35-31/h1-27H;3-27H,1-2H3;1-18H. The minimum absolute atomic E-state index is 0.204. The molecule has 0 saturated heterocycles. The summed E-state index contributed by atoms with van der Waals surface area (Å²) in [5.74, 6) is 0. The number of furan rings is 2. The van der Waals surface area contributed by atoms with Crippen LogP contribution < -0.4 is 4.90 Å². The summed E-state index contributed by atoms with van der Waals surface area (Å²) >= 11 is 3.58. The molecule has 2 aliphatic heterocycles. The first-order chi connectivity index (χ1) is 63.8. The fourth-order valence-electron chi connectivity index (χ4n) is 20.1. The van der Waals surface area contributed by atoms with Crippen molar-refractivity contribution in [1.29, 1.82) is 0 Å². The van der Waals surface area contributed by atoms with Crippen LogP contribution in [0.1, 0.15) is 25.0 Å². The number of anilines is 3. The van der Waals surface area contributed by atoms with Gasteiger partial charge in [-0.2, -0.15) is 0 Å². The van der Waals surface area contributed by atoms with E-state index in [0.717, 1.165) is 150 Å². The number of hydrogen-bond acceptors (Lipinski definition) is 9. The second kappa shape index (κ2) is 30.6. The van der Waals surface area contributed by atoms with E-state index in [-0.39, 0.29) is 5.41 Å². The molecule has 0 radical (unpaired) electrons. The molecule has 9 heterocycles. The van der Waals surface area contributed by atoms with E-state index in [0.29, 0.717) is 0 Å². The molecule has 0 unspecified atom stereocenters. The fraction of sp³-hybridized carbons (Fsp3) is 0.0252. The second-order valence-corrected chi connectivity index (χ2v) is 35.8. The van der Waals surface area contributed by atoms with E-state index in [2.05, 4.69) is 412 Å². The highest BCUT2D eigenvalue weighted by molar-refractivity contribution is 7.99. The number of nitrogens with zero attached hydrogens (tertiary/aromatic N) is 6. The molecule has 129 heavy (non-hydrogen) atoms. The molecule has 27 rings (SSSR count). The Bertz CT molecular complexity index is 8550. The van der Waals surface area contributed by atoms with Crippen LogP contribution >= 0.6 is 23.1 Å². The van der Waals surface area contributed by atoms with Gasteiger partial charge in [-0.05, 0) is 170 Å². The number of pyridine rings is 3. The van der Waals surface area contributed by atoms with Crippen molar-refractivity contribution in [2.75, 3.05) is 4.90 Å². The summed E-state index contributed by atoms with van der Waals surface area (Å²) in [5.41, 5.74) is 38.2. The summed E-state index contributed by atoms with van der Waals surface area (Å²) in [6.07, 6.45) is 0. The molecule has 24 aromatic rings. The fourth-order valence-corrected chi connectivity index (χ4v) is 22.2. The van der Waals surface area contributed by atoms with Gasteiger partial charge in [0.25, 0.3) is 0 Å². The molecule has 0 saturated carbocycles. The summed E-state index contributed by atoms with van der Waals surface area (Å²) in [5, 5.41) is 9.00. The third-order valence-corrected chi connectivity index (χ3v) is 28.1. The molecule has 0 N–H and O–H groups in total. The van der Waals surface area contributed by atoms with Gasteiger partial charge in [0.05, 0.1) is 61.1 Å². The van der Waals surface area contributed by atoms with Crippen LogP contribution in [-0.4, -0.2) is 24.5 Å². The van der Waals surface area contributed by atoms with E-state index < -0.39 is 0 Å². The highest BCUT2D eigenvalue weighted by Crippen LogP contribution is 2.59. The maximum atomic E-state index is 6.85. The largest absolute Gasteiger partial charge is 0.456 e. The van der Waals surface area contributed by atoms with E-state index in [9.17, 15) is 0 Å². The monoisotopic (exact) mass is 1680 g/mol. The maximum absolute atomic E-state index is 6.85. The topological polar surface area (TPSA) is 86.0 Å². The minimum atomic E-state index is -0.204. The number of rotatable bonds is 7. The Morgan fingerprint density at radius 2 is 0.775 bits per heavy atom.